The van der Waals surface area contributed by atoms with Gasteiger partial charge in [-0.25, -0.2) is 0 Å². The minimum atomic E-state index is 0.197. The topological polar surface area (TPSA) is 17.1 Å². The summed E-state index contributed by atoms with van der Waals surface area (Å²) in [5.41, 5.74) is 0. The minimum absolute atomic E-state index is 0.197. The molecule has 0 atom stereocenters. The summed E-state index contributed by atoms with van der Waals surface area (Å²) in [7, 11) is 0. The number of unbranched alkanes of at least 4 members (excludes halogenated alkanes) is 1. The van der Waals surface area contributed by atoms with E-state index in [9.17, 15) is 4.79 Å². The molecule has 0 aliphatic carbocycles. The molecule has 0 aromatic carbocycles. The molecule has 88 valence electrons. The maximum absolute atomic E-state index is 10.6. The second-order valence-corrected chi connectivity index (χ2v) is 3.60. The van der Waals surface area contributed by atoms with Crippen molar-refractivity contribution in [3.63, 3.8) is 0 Å². The van der Waals surface area contributed by atoms with Gasteiger partial charge in [-0.1, -0.05) is 55.5 Å². The summed E-state index contributed by atoms with van der Waals surface area (Å²) in [6.45, 7) is 3.74. The Morgan fingerprint density at radius 3 is 2.12 bits per heavy atom. The van der Waals surface area contributed by atoms with Gasteiger partial charge in [-0.05, 0) is 26.2 Å². The lowest BCUT2D eigenvalue weighted by atomic mass is 10.2. The zero-order chi connectivity index (χ0) is 12.1. The van der Waals surface area contributed by atoms with E-state index < -0.39 is 0 Å². The first kappa shape index (κ1) is 14.6. The number of carbonyl (C=O) groups is 1. The van der Waals surface area contributed by atoms with E-state index in [1.807, 2.05) is 30.4 Å². The van der Waals surface area contributed by atoms with Gasteiger partial charge in [0, 0.05) is 6.42 Å². The molecule has 0 aliphatic rings. The third-order valence-electron chi connectivity index (χ3n) is 1.91. The molecule has 16 heavy (non-hydrogen) atoms. The Labute approximate surface area is 99.3 Å². The fourth-order valence-electron chi connectivity index (χ4n) is 1.09. The smallest absolute Gasteiger partial charge is 0.133 e. The van der Waals surface area contributed by atoms with Crippen molar-refractivity contribution in [2.24, 2.45) is 0 Å². The quantitative estimate of drug-likeness (QED) is 0.335. The SMILES string of the molecule is CCC=CCCC=CC=CC=CCC(C)=O. The van der Waals surface area contributed by atoms with Gasteiger partial charge in [0.1, 0.15) is 5.78 Å². The molecule has 0 N–H and O–H groups in total. The largest absolute Gasteiger partial charge is 0.300 e. The molecule has 0 saturated heterocycles. The van der Waals surface area contributed by atoms with Crippen molar-refractivity contribution in [1.82, 2.24) is 0 Å². The number of ketones is 1. The predicted molar refractivity (Wildman–Crippen MR) is 71.4 cm³/mol. The highest BCUT2D eigenvalue weighted by atomic mass is 16.1. The number of hydrogen-bond donors (Lipinski definition) is 0. The molecule has 0 unspecified atom stereocenters. The molecular weight excluding hydrogens is 196 g/mol. The fraction of sp³-hybridized carbons (Fsp3) is 0.400. The maximum atomic E-state index is 10.6. The summed E-state index contributed by atoms with van der Waals surface area (Å²) in [4.78, 5) is 10.6. The standard InChI is InChI=1S/C15H22O/c1-3-4-5-6-7-8-9-10-11-12-13-14-15(2)16/h4-5,8-13H,3,6-7,14H2,1-2H3. The van der Waals surface area contributed by atoms with Crippen LogP contribution in [0.5, 0.6) is 0 Å². The monoisotopic (exact) mass is 218 g/mol. The second kappa shape index (κ2) is 11.7. The van der Waals surface area contributed by atoms with Gasteiger partial charge in [-0.3, -0.25) is 4.79 Å². The van der Waals surface area contributed by atoms with Crippen molar-refractivity contribution in [3.05, 3.63) is 48.6 Å². The summed E-state index contributed by atoms with van der Waals surface area (Å²) in [6.07, 6.45) is 20.1. The van der Waals surface area contributed by atoms with Crippen molar-refractivity contribution >= 4 is 5.78 Å². The van der Waals surface area contributed by atoms with Crippen LogP contribution in [0.3, 0.4) is 0 Å². The normalized spacial score (nSPS) is 12.6. The molecule has 0 aromatic heterocycles. The van der Waals surface area contributed by atoms with Gasteiger partial charge in [0.15, 0.2) is 0 Å². The van der Waals surface area contributed by atoms with Crippen molar-refractivity contribution in [3.8, 4) is 0 Å². The summed E-state index contributed by atoms with van der Waals surface area (Å²) in [6, 6.07) is 0. The summed E-state index contributed by atoms with van der Waals surface area (Å²) < 4.78 is 0. The molecule has 1 heteroatoms. The van der Waals surface area contributed by atoms with Gasteiger partial charge in [-0.15, -0.1) is 0 Å². The Morgan fingerprint density at radius 1 is 0.875 bits per heavy atom. The van der Waals surface area contributed by atoms with E-state index in [0.717, 1.165) is 19.3 Å². The fourth-order valence-corrected chi connectivity index (χ4v) is 1.09. The highest BCUT2D eigenvalue weighted by Gasteiger charge is 1.82. The number of hydrogen-bond acceptors (Lipinski definition) is 1. The zero-order valence-corrected chi connectivity index (χ0v) is 10.4. The molecule has 1 nitrogen and oxygen atoms in total. The molecule has 0 radical (unpaired) electrons. The first-order valence-corrected chi connectivity index (χ1v) is 5.90. The van der Waals surface area contributed by atoms with E-state index >= 15 is 0 Å². The highest BCUT2D eigenvalue weighted by Crippen LogP contribution is 1.94. The van der Waals surface area contributed by atoms with E-state index in [1.54, 1.807) is 6.92 Å². The molecule has 0 fully saturated rings. The molecule has 0 bridgehead atoms. The van der Waals surface area contributed by atoms with Crippen LogP contribution >= 0.6 is 0 Å². The van der Waals surface area contributed by atoms with Crippen molar-refractivity contribution in [2.45, 2.75) is 39.5 Å². The summed E-state index contributed by atoms with van der Waals surface area (Å²) in [5.74, 6) is 0.197. The van der Waals surface area contributed by atoms with Gasteiger partial charge < -0.3 is 0 Å². The lowest BCUT2D eigenvalue weighted by Crippen LogP contribution is -1.82. The van der Waals surface area contributed by atoms with Crippen LogP contribution in [0.2, 0.25) is 0 Å². The van der Waals surface area contributed by atoms with Crippen LogP contribution in [-0.4, -0.2) is 5.78 Å². The molecular formula is C15H22O. The van der Waals surface area contributed by atoms with Gasteiger partial charge in [0.05, 0.1) is 0 Å². The Bertz CT molecular complexity index is 280. The Hall–Kier alpha value is -1.37. The minimum Gasteiger partial charge on any atom is -0.300 e. The lowest BCUT2D eigenvalue weighted by molar-refractivity contribution is -0.116. The first-order chi connectivity index (χ1) is 7.77. The lowest BCUT2D eigenvalue weighted by Gasteiger charge is -1.84. The Kier molecular flexibility index (Phi) is 10.7. The number of allylic oxidation sites excluding steroid dienone is 8. The zero-order valence-electron chi connectivity index (χ0n) is 10.4. The first-order valence-electron chi connectivity index (χ1n) is 5.90. The second-order valence-electron chi connectivity index (χ2n) is 3.60. The van der Waals surface area contributed by atoms with E-state index in [4.69, 9.17) is 0 Å². The summed E-state index contributed by atoms with van der Waals surface area (Å²) >= 11 is 0. The highest BCUT2D eigenvalue weighted by molar-refractivity contribution is 5.77. The molecule has 0 amide bonds. The van der Waals surface area contributed by atoms with E-state index in [-0.39, 0.29) is 5.78 Å². The predicted octanol–water partition coefficient (Wildman–Crippen LogP) is 4.38. The summed E-state index contributed by atoms with van der Waals surface area (Å²) in [5, 5.41) is 0. The van der Waals surface area contributed by atoms with Crippen molar-refractivity contribution in [2.75, 3.05) is 0 Å². The van der Waals surface area contributed by atoms with Crippen LogP contribution in [-0.2, 0) is 4.79 Å². The average Bonchev–Trinajstić information content (AvgIpc) is 2.25. The van der Waals surface area contributed by atoms with E-state index in [2.05, 4.69) is 25.2 Å². The molecule has 0 spiro atoms. The van der Waals surface area contributed by atoms with Crippen LogP contribution in [0, 0.1) is 0 Å². The number of rotatable bonds is 8. The van der Waals surface area contributed by atoms with Crippen LogP contribution in [0.4, 0.5) is 0 Å². The third-order valence-corrected chi connectivity index (χ3v) is 1.91. The number of Topliss-reactive ketones (excluding diaryl/α,β-unsaturated/α-hetero) is 1. The van der Waals surface area contributed by atoms with Gasteiger partial charge >= 0.3 is 0 Å². The van der Waals surface area contributed by atoms with Crippen LogP contribution < -0.4 is 0 Å². The van der Waals surface area contributed by atoms with Crippen LogP contribution in [0.15, 0.2) is 48.6 Å². The van der Waals surface area contributed by atoms with Gasteiger partial charge in [0.2, 0.25) is 0 Å². The Balaban J connectivity index is 3.51. The maximum Gasteiger partial charge on any atom is 0.133 e. The molecule has 0 aliphatic heterocycles. The van der Waals surface area contributed by atoms with Crippen LogP contribution in [0.25, 0.3) is 0 Å². The molecule has 0 heterocycles. The average molecular weight is 218 g/mol. The van der Waals surface area contributed by atoms with E-state index in [0.29, 0.717) is 6.42 Å². The van der Waals surface area contributed by atoms with Crippen molar-refractivity contribution < 1.29 is 4.79 Å². The molecule has 0 rings (SSSR count). The third kappa shape index (κ3) is 12.6. The van der Waals surface area contributed by atoms with Gasteiger partial charge in [0.25, 0.3) is 0 Å². The van der Waals surface area contributed by atoms with Crippen molar-refractivity contribution in [1.29, 1.82) is 0 Å². The Morgan fingerprint density at radius 2 is 1.50 bits per heavy atom. The molecule has 0 aromatic rings. The van der Waals surface area contributed by atoms with Gasteiger partial charge in [-0.2, -0.15) is 0 Å². The molecule has 0 saturated carbocycles. The van der Waals surface area contributed by atoms with E-state index in [1.165, 1.54) is 0 Å². The van der Waals surface area contributed by atoms with Crippen LogP contribution in [0.1, 0.15) is 39.5 Å². The number of carbonyl (C=O) groups excluding carboxylic acids is 1.